The van der Waals surface area contributed by atoms with Gasteiger partial charge in [-0.25, -0.2) is 0 Å². The zero-order chi connectivity index (χ0) is 10.7. The van der Waals surface area contributed by atoms with Crippen LogP contribution < -0.4 is 11.1 Å². The molecular weight excluding hydrogens is 194 g/mol. The second kappa shape index (κ2) is 4.92. The summed E-state index contributed by atoms with van der Waals surface area (Å²) in [5, 5.41) is 3.39. The maximum absolute atomic E-state index is 11.7. The molecule has 2 rings (SSSR count). The van der Waals surface area contributed by atoms with E-state index in [0.29, 0.717) is 19.2 Å². The second-order valence-electron chi connectivity index (χ2n) is 4.24. The lowest BCUT2D eigenvalue weighted by Gasteiger charge is -2.36. The molecule has 0 bridgehead atoms. The molecule has 2 heterocycles. The third kappa shape index (κ3) is 2.48. The van der Waals surface area contributed by atoms with E-state index in [1.54, 1.807) is 0 Å². The van der Waals surface area contributed by atoms with Gasteiger partial charge in [-0.05, 0) is 19.4 Å². The van der Waals surface area contributed by atoms with Gasteiger partial charge in [0, 0.05) is 19.1 Å². The summed E-state index contributed by atoms with van der Waals surface area (Å²) >= 11 is 0. The summed E-state index contributed by atoms with van der Waals surface area (Å²) in [5.74, 6) is 0.0744. The Bertz CT molecular complexity index is 229. The third-order valence-corrected chi connectivity index (χ3v) is 3.15. The number of morpholine rings is 1. The minimum Gasteiger partial charge on any atom is -0.369 e. The molecular formula is C10H19N3O2. The molecule has 0 aliphatic carbocycles. The number of nitrogens with zero attached hydrogens (tertiary/aromatic N) is 1. The minimum atomic E-state index is 0.0636. The topological polar surface area (TPSA) is 67.6 Å². The van der Waals surface area contributed by atoms with Gasteiger partial charge in [0.25, 0.3) is 0 Å². The molecule has 0 spiro atoms. The Hall–Kier alpha value is -0.650. The molecule has 0 saturated carbocycles. The van der Waals surface area contributed by atoms with Gasteiger partial charge in [0.15, 0.2) is 0 Å². The number of amides is 1. The van der Waals surface area contributed by atoms with Crippen molar-refractivity contribution in [2.24, 2.45) is 5.73 Å². The van der Waals surface area contributed by atoms with Crippen molar-refractivity contribution in [2.45, 2.75) is 24.9 Å². The van der Waals surface area contributed by atoms with Crippen molar-refractivity contribution in [1.82, 2.24) is 10.2 Å². The summed E-state index contributed by atoms with van der Waals surface area (Å²) in [7, 11) is 0. The maximum Gasteiger partial charge on any atom is 0.248 e. The van der Waals surface area contributed by atoms with E-state index in [4.69, 9.17) is 10.5 Å². The van der Waals surface area contributed by atoms with E-state index < -0.39 is 0 Å². The number of hydrogen-bond acceptors (Lipinski definition) is 4. The van der Waals surface area contributed by atoms with Crippen molar-refractivity contribution >= 4 is 5.91 Å². The zero-order valence-corrected chi connectivity index (χ0v) is 8.95. The molecule has 2 aliphatic rings. The van der Waals surface area contributed by atoms with Crippen LogP contribution in [0.1, 0.15) is 12.8 Å². The molecule has 5 heteroatoms. The number of ether oxygens (including phenoxy) is 1. The van der Waals surface area contributed by atoms with Crippen LogP contribution in [-0.4, -0.2) is 55.7 Å². The van der Waals surface area contributed by atoms with Gasteiger partial charge in [-0.15, -0.1) is 0 Å². The Balaban J connectivity index is 1.93. The maximum atomic E-state index is 11.7. The first kappa shape index (κ1) is 10.9. The van der Waals surface area contributed by atoms with Crippen LogP contribution >= 0.6 is 0 Å². The van der Waals surface area contributed by atoms with E-state index in [1.807, 2.05) is 4.90 Å². The van der Waals surface area contributed by atoms with E-state index in [-0.39, 0.29) is 18.6 Å². The Labute approximate surface area is 89.9 Å². The Morgan fingerprint density at radius 3 is 3.13 bits per heavy atom. The summed E-state index contributed by atoms with van der Waals surface area (Å²) in [6.07, 6.45) is 2.36. The van der Waals surface area contributed by atoms with Gasteiger partial charge in [0.1, 0.15) is 6.61 Å². The summed E-state index contributed by atoms with van der Waals surface area (Å²) in [5.41, 5.74) is 5.64. The van der Waals surface area contributed by atoms with E-state index in [1.165, 1.54) is 6.42 Å². The van der Waals surface area contributed by atoms with Gasteiger partial charge in [0.05, 0.1) is 12.6 Å². The average molecular weight is 213 g/mol. The highest BCUT2D eigenvalue weighted by Crippen LogP contribution is 2.12. The van der Waals surface area contributed by atoms with Gasteiger partial charge in [-0.3, -0.25) is 4.79 Å². The molecule has 0 aromatic rings. The summed E-state index contributed by atoms with van der Waals surface area (Å²) < 4.78 is 5.19. The minimum absolute atomic E-state index is 0.0636. The first-order valence-electron chi connectivity index (χ1n) is 5.62. The average Bonchev–Trinajstić information content (AvgIpc) is 2.74. The lowest BCUT2D eigenvalue weighted by molar-refractivity contribution is -0.148. The molecule has 15 heavy (non-hydrogen) atoms. The van der Waals surface area contributed by atoms with Crippen LogP contribution in [0.25, 0.3) is 0 Å². The lowest BCUT2D eigenvalue weighted by Crippen LogP contribution is -2.55. The highest BCUT2D eigenvalue weighted by Gasteiger charge is 2.30. The molecule has 2 unspecified atom stereocenters. The van der Waals surface area contributed by atoms with Crippen molar-refractivity contribution in [2.75, 3.05) is 32.8 Å². The standard InChI is InChI=1S/C10H19N3O2/c11-4-9-6-15-7-10(14)13(9)5-8-2-1-3-12-8/h8-9,12H,1-7,11H2. The van der Waals surface area contributed by atoms with Gasteiger partial charge < -0.3 is 20.7 Å². The van der Waals surface area contributed by atoms with E-state index in [0.717, 1.165) is 19.5 Å². The fourth-order valence-electron chi connectivity index (χ4n) is 2.25. The smallest absolute Gasteiger partial charge is 0.248 e. The first-order chi connectivity index (χ1) is 7.31. The van der Waals surface area contributed by atoms with E-state index in [2.05, 4.69) is 5.32 Å². The molecule has 2 saturated heterocycles. The SMILES string of the molecule is NCC1COCC(=O)N1CC1CCCN1. The van der Waals surface area contributed by atoms with Crippen molar-refractivity contribution in [3.05, 3.63) is 0 Å². The quantitative estimate of drug-likeness (QED) is 0.626. The van der Waals surface area contributed by atoms with Crippen molar-refractivity contribution < 1.29 is 9.53 Å². The van der Waals surface area contributed by atoms with Crippen molar-refractivity contribution in [3.63, 3.8) is 0 Å². The second-order valence-corrected chi connectivity index (χ2v) is 4.24. The predicted octanol–water partition coefficient (Wildman–Crippen LogP) is -1.08. The largest absolute Gasteiger partial charge is 0.369 e. The van der Waals surface area contributed by atoms with Gasteiger partial charge in [-0.2, -0.15) is 0 Å². The number of hydrogen-bond donors (Lipinski definition) is 2. The van der Waals surface area contributed by atoms with Crippen LogP contribution in [0.5, 0.6) is 0 Å². The number of nitrogens with two attached hydrogens (primary N) is 1. The number of rotatable bonds is 3. The van der Waals surface area contributed by atoms with Crippen LogP contribution in [0.4, 0.5) is 0 Å². The van der Waals surface area contributed by atoms with Gasteiger partial charge in [0.2, 0.25) is 5.91 Å². The van der Waals surface area contributed by atoms with Crippen LogP contribution in [-0.2, 0) is 9.53 Å². The fraction of sp³-hybridized carbons (Fsp3) is 0.900. The number of carbonyl (C=O) groups excluding carboxylic acids is 1. The normalized spacial score (nSPS) is 32.3. The Morgan fingerprint density at radius 2 is 2.47 bits per heavy atom. The van der Waals surface area contributed by atoms with Crippen molar-refractivity contribution in [1.29, 1.82) is 0 Å². The molecule has 86 valence electrons. The van der Waals surface area contributed by atoms with Crippen LogP contribution in [0, 0.1) is 0 Å². The molecule has 3 N–H and O–H groups in total. The molecule has 0 aromatic carbocycles. The fourth-order valence-corrected chi connectivity index (χ4v) is 2.25. The Morgan fingerprint density at radius 1 is 1.60 bits per heavy atom. The summed E-state index contributed by atoms with van der Waals surface area (Å²) in [6.45, 7) is 3.12. The third-order valence-electron chi connectivity index (χ3n) is 3.15. The molecule has 2 aliphatic heterocycles. The Kier molecular flexibility index (Phi) is 3.56. The molecule has 2 atom stereocenters. The molecule has 2 fully saturated rings. The van der Waals surface area contributed by atoms with E-state index in [9.17, 15) is 4.79 Å². The first-order valence-corrected chi connectivity index (χ1v) is 5.62. The van der Waals surface area contributed by atoms with Gasteiger partial charge in [-0.1, -0.05) is 0 Å². The highest BCUT2D eigenvalue weighted by atomic mass is 16.5. The van der Waals surface area contributed by atoms with Crippen LogP contribution in [0.2, 0.25) is 0 Å². The zero-order valence-electron chi connectivity index (χ0n) is 8.95. The molecule has 5 nitrogen and oxygen atoms in total. The lowest BCUT2D eigenvalue weighted by atomic mass is 10.1. The number of nitrogens with one attached hydrogen (secondary N) is 1. The van der Waals surface area contributed by atoms with E-state index >= 15 is 0 Å². The molecule has 1 amide bonds. The van der Waals surface area contributed by atoms with Gasteiger partial charge >= 0.3 is 0 Å². The monoisotopic (exact) mass is 213 g/mol. The summed E-state index contributed by atoms with van der Waals surface area (Å²) in [6, 6.07) is 0.509. The summed E-state index contributed by atoms with van der Waals surface area (Å²) in [4.78, 5) is 13.6. The van der Waals surface area contributed by atoms with Crippen LogP contribution in [0.3, 0.4) is 0 Å². The number of carbonyl (C=O) groups is 1. The van der Waals surface area contributed by atoms with Crippen LogP contribution in [0.15, 0.2) is 0 Å². The predicted molar refractivity (Wildman–Crippen MR) is 56.4 cm³/mol. The molecule has 0 radical (unpaired) electrons. The molecule has 0 aromatic heterocycles. The highest BCUT2D eigenvalue weighted by molar-refractivity contribution is 5.78. The van der Waals surface area contributed by atoms with Crippen molar-refractivity contribution in [3.8, 4) is 0 Å².